The molecule has 1 saturated carbocycles. The summed E-state index contributed by atoms with van der Waals surface area (Å²) >= 11 is 1.54. The predicted octanol–water partition coefficient (Wildman–Crippen LogP) is 1.91. The number of nitrogens with zero attached hydrogens (tertiary/aromatic N) is 1. The van der Waals surface area contributed by atoms with E-state index in [0.29, 0.717) is 13.1 Å². The van der Waals surface area contributed by atoms with Gasteiger partial charge in [0.25, 0.3) is 0 Å². The number of nitrogens with two attached hydrogens (primary N) is 1. The maximum Gasteiger partial charge on any atom is 0.227 e. The van der Waals surface area contributed by atoms with Crippen molar-refractivity contribution in [2.45, 2.75) is 39.2 Å². The topological polar surface area (TPSA) is 68.0 Å². The zero-order valence-electron chi connectivity index (χ0n) is 10.8. The summed E-state index contributed by atoms with van der Waals surface area (Å²) in [6.45, 7) is 3.20. The van der Waals surface area contributed by atoms with Crippen LogP contribution in [0.1, 0.15) is 38.3 Å². The molecule has 0 spiro atoms. The van der Waals surface area contributed by atoms with Crippen molar-refractivity contribution in [1.82, 2.24) is 10.3 Å². The van der Waals surface area contributed by atoms with Gasteiger partial charge in [0.05, 0.1) is 23.2 Å². The molecular weight excluding hydrogens is 246 g/mol. The summed E-state index contributed by atoms with van der Waals surface area (Å²) < 4.78 is 0. The van der Waals surface area contributed by atoms with Crippen LogP contribution in [0, 0.1) is 11.3 Å². The highest BCUT2D eigenvalue weighted by Crippen LogP contribution is 2.38. The molecule has 1 heterocycles. The molecule has 1 fully saturated rings. The van der Waals surface area contributed by atoms with Gasteiger partial charge in [-0.1, -0.05) is 6.92 Å². The first-order valence-electron chi connectivity index (χ1n) is 6.52. The first-order valence-corrected chi connectivity index (χ1v) is 7.46. The van der Waals surface area contributed by atoms with Crippen LogP contribution in [0.5, 0.6) is 0 Å². The molecule has 0 saturated heterocycles. The first kappa shape index (κ1) is 13.5. The van der Waals surface area contributed by atoms with Crippen LogP contribution in [0.25, 0.3) is 0 Å². The molecule has 1 aliphatic carbocycles. The second-order valence-electron chi connectivity index (χ2n) is 5.33. The molecule has 0 unspecified atom stereocenters. The Morgan fingerprint density at radius 3 is 2.89 bits per heavy atom. The average molecular weight is 267 g/mol. The van der Waals surface area contributed by atoms with Crippen molar-refractivity contribution in [2.24, 2.45) is 17.1 Å². The van der Waals surface area contributed by atoms with E-state index in [2.05, 4.69) is 17.2 Å². The van der Waals surface area contributed by atoms with Crippen molar-refractivity contribution in [3.63, 3.8) is 0 Å². The summed E-state index contributed by atoms with van der Waals surface area (Å²) in [5.74, 6) is 0.820. The van der Waals surface area contributed by atoms with Crippen molar-refractivity contribution in [1.29, 1.82) is 0 Å². The lowest BCUT2D eigenvalue weighted by molar-refractivity contribution is -0.133. The number of hydrogen-bond donors (Lipinski definition) is 2. The molecule has 4 nitrogen and oxygen atoms in total. The summed E-state index contributed by atoms with van der Waals surface area (Å²) in [4.78, 5) is 16.5. The maximum absolute atomic E-state index is 12.3. The van der Waals surface area contributed by atoms with Gasteiger partial charge in [-0.05, 0) is 31.6 Å². The van der Waals surface area contributed by atoms with E-state index in [0.717, 1.165) is 37.3 Å². The van der Waals surface area contributed by atoms with Gasteiger partial charge in [-0.2, -0.15) is 0 Å². The first-order chi connectivity index (χ1) is 8.66. The molecule has 0 aliphatic heterocycles. The lowest BCUT2D eigenvalue weighted by Gasteiger charge is -2.37. The lowest BCUT2D eigenvalue weighted by Crippen LogP contribution is -2.47. The van der Waals surface area contributed by atoms with E-state index >= 15 is 0 Å². The number of aromatic nitrogens is 1. The number of carbonyl (C=O) groups excluding carboxylic acids is 1. The highest BCUT2D eigenvalue weighted by atomic mass is 32.1. The van der Waals surface area contributed by atoms with Gasteiger partial charge in [0, 0.05) is 11.9 Å². The Hall–Kier alpha value is -0.940. The smallest absolute Gasteiger partial charge is 0.227 e. The molecule has 1 aromatic rings. The van der Waals surface area contributed by atoms with Gasteiger partial charge in [-0.3, -0.25) is 4.79 Å². The Bertz CT molecular complexity index is 383. The van der Waals surface area contributed by atoms with Crippen molar-refractivity contribution in [3.8, 4) is 0 Å². The average Bonchev–Trinajstić information content (AvgIpc) is 2.90. The molecule has 0 bridgehead atoms. The van der Waals surface area contributed by atoms with Gasteiger partial charge in [-0.25, -0.2) is 4.98 Å². The van der Waals surface area contributed by atoms with E-state index in [9.17, 15) is 4.79 Å². The molecule has 18 heavy (non-hydrogen) atoms. The van der Waals surface area contributed by atoms with Crippen LogP contribution < -0.4 is 11.1 Å². The SMILES string of the molecule is CC1CCC(CN)(C(=O)NCc2cscn2)CC1. The Labute approximate surface area is 112 Å². The van der Waals surface area contributed by atoms with Gasteiger partial charge in [0.1, 0.15) is 0 Å². The third kappa shape index (κ3) is 2.90. The lowest BCUT2D eigenvalue weighted by atomic mass is 9.70. The van der Waals surface area contributed by atoms with Crippen LogP contribution in [-0.2, 0) is 11.3 Å². The van der Waals surface area contributed by atoms with Crippen LogP contribution in [0.15, 0.2) is 10.9 Å². The maximum atomic E-state index is 12.3. The highest BCUT2D eigenvalue weighted by Gasteiger charge is 2.39. The zero-order valence-corrected chi connectivity index (χ0v) is 11.6. The predicted molar refractivity (Wildman–Crippen MR) is 73.1 cm³/mol. The van der Waals surface area contributed by atoms with E-state index in [1.165, 1.54) is 0 Å². The summed E-state index contributed by atoms with van der Waals surface area (Å²) in [5.41, 5.74) is 8.22. The fraction of sp³-hybridized carbons (Fsp3) is 0.692. The monoisotopic (exact) mass is 267 g/mol. The van der Waals surface area contributed by atoms with Crippen molar-refractivity contribution in [3.05, 3.63) is 16.6 Å². The molecule has 1 aromatic heterocycles. The Morgan fingerprint density at radius 2 is 2.33 bits per heavy atom. The minimum absolute atomic E-state index is 0.102. The molecule has 0 atom stereocenters. The molecule has 5 heteroatoms. The third-order valence-corrected chi connectivity index (χ3v) is 4.65. The van der Waals surface area contributed by atoms with E-state index in [1.54, 1.807) is 16.8 Å². The van der Waals surface area contributed by atoms with Crippen LogP contribution in [-0.4, -0.2) is 17.4 Å². The molecule has 1 aliphatic rings. The van der Waals surface area contributed by atoms with Gasteiger partial charge in [0.15, 0.2) is 0 Å². The van der Waals surface area contributed by atoms with E-state index in [1.807, 2.05) is 5.38 Å². The van der Waals surface area contributed by atoms with Crippen molar-refractivity contribution >= 4 is 17.2 Å². The molecule has 1 amide bonds. The number of rotatable bonds is 4. The van der Waals surface area contributed by atoms with Crippen LogP contribution in [0.4, 0.5) is 0 Å². The van der Waals surface area contributed by atoms with E-state index in [4.69, 9.17) is 5.73 Å². The molecule has 100 valence electrons. The second kappa shape index (κ2) is 5.80. The Balaban J connectivity index is 1.93. The molecule has 2 rings (SSSR count). The number of thiazole rings is 1. The minimum Gasteiger partial charge on any atom is -0.350 e. The number of nitrogens with one attached hydrogen (secondary N) is 1. The molecule has 0 radical (unpaired) electrons. The largest absolute Gasteiger partial charge is 0.350 e. The number of hydrogen-bond acceptors (Lipinski definition) is 4. The molecular formula is C13H21N3OS. The molecule has 0 aromatic carbocycles. The summed E-state index contributed by atoms with van der Waals surface area (Å²) in [7, 11) is 0. The van der Waals surface area contributed by atoms with Crippen LogP contribution in [0.2, 0.25) is 0 Å². The highest BCUT2D eigenvalue weighted by molar-refractivity contribution is 7.07. The van der Waals surface area contributed by atoms with Crippen molar-refractivity contribution < 1.29 is 4.79 Å². The fourth-order valence-corrected chi connectivity index (χ4v) is 3.08. The normalized spacial score (nSPS) is 28.0. The summed E-state index contributed by atoms with van der Waals surface area (Å²) in [5, 5.41) is 4.94. The van der Waals surface area contributed by atoms with E-state index < -0.39 is 0 Å². The minimum atomic E-state index is -0.345. The fourth-order valence-electron chi connectivity index (χ4n) is 2.52. The van der Waals surface area contributed by atoms with Gasteiger partial charge in [0.2, 0.25) is 5.91 Å². The second-order valence-corrected chi connectivity index (χ2v) is 6.05. The standard InChI is InChI=1S/C13H21N3OS/c1-10-2-4-13(8-14,5-3-10)12(17)15-6-11-7-18-9-16-11/h7,9-10H,2-6,8,14H2,1H3,(H,15,17). The summed E-state index contributed by atoms with van der Waals surface area (Å²) in [6, 6.07) is 0. The number of carbonyl (C=O) groups is 1. The quantitative estimate of drug-likeness (QED) is 0.875. The molecule has 3 N–H and O–H groups in total. The Morgan fingerprint density at radius 1 is 1.61 bits per heavy atom. The van der Waals surface area contributed by atoms with Gasteiger partial charge in [-0.15, -0.1) is 11.3 Å². The van der Waals surface area contributed by atoms with Gasteiger partial charge < -0.3 is 11.1 Å². The van der Waals surface area contributed by atoms with Crippen LogP contribution in [0.3, 0.4) is 0 Å². The number of amides is 1. The zero-order chi connectivity index (χ0) is 13.0. The van der Waals surface area contributed by atoms with Crippen LogP contribution >= 0.6 is 11.3 Å². The van der Waals surface area contributed by atoms with Crippen molar-refractivity contribution in [2.75, 3.05) is 6.54 Å². The summed E-state index contributed by atoms with van der Waals surface area (Å²) in [6.07, 6.45) is 4.02. The third-order valence-electron chi connectivity index (χ3n) is 4.02. The van der Waals surface area contributed by atoms with Gasteiger partial charge >= 0.3 is 0 Å². The van der Waals surface area contributed by atoms with E-state index in [-0.39, 0.29) is 11.3 Å². The Kier molecular flexibility index (Phi) is 4.35.